The molecule has 0 radical (unpaired) electrons. The fraction of sp³-hybridized carbons (Fsp3) is 1.00. The summed E-state index contributed by atoms with van der Waals surface area (Å²) in [5, 5.41) is -1.22. The Bertz CT molecular complexity index is 342. The van der Waals surface area contributed by atoms with Crippen molar-refractivity contribution < 1.29 is 72.8 Å². The van der Waals surface area contributed by atoms with Gasteiger partial charge in [-0.25, -0.2) is 16.8 Å². The van der Waals surface area contributed by atoms with E-state index in [1.54, 1.807) is 0 Å². The summed E-state index contributed by atoms with van der Waals surface area (Å²) in [6.45, 7) is 0. The van der Waals surface area contributed by atoms with Gasteiger partial charge >= 0.3 is 51.4 Å². The van der Waals surface area contributed by atoms with E-state index in [0.717, 1.165) is 0 Å². The van der Waals surface area contributed by atoms with Gasteiger partial charge in [-0.15, -0.1) is 0 Å². The van der Waals surface area contributed by atoms with Gasteiger partial charge in [0, 0.05) is 0 Å². The fourth-order valence-corrected chi connectivity index (χ4v) is 4.38. The van der Waals surface area contributed by atoms with Gasteiger partial charge in [-0.05, 0) is 6.42 Å². The minimum atomic E-state index is -4.40. The van der Waals surface area contributed by atoms with E-state index in [4.69, 9.17) is 0 Å². The third-order valence-electron chi connectivity index (χ3n) is 1.60. The van der Waals surface area contributed by atoms with Crippen LogP contribution in [-0.2, 0) is 20.0 Å². The van der Waals surface area contributed by atoms with Gasteiger partial charge in [0.25, 0.3) is 0 Å². The van der Waals surface area contributed by atoms with Crippen LogP contribution in [0, 0.1) is 0 Å². The van der Waals surface area contributed by atoms with Crippen LogP contribution in [0.5, 0.6) is 0 Å². The van der Waals surface area contributed by atoms with Crippen LogP contribution in [0.4, 0.5) is 0 Å². The zero-order valence-electron chi connectivity index (χ0n) is 6.56. The topological polar surface area (TPSA) is 91.3 Å². The molecule has 0 N–H and O–H groups in total. The molecule has 0 aromatic carbocycles. The molecule has 1 rings (SSSR count). The van der Waals surface area contributed by atoms with E-state index in [0.29, 0.717) is 0 Å². The first-order valence-electron chi connectivity index (χ1n) is 2.96. The monoisotopic (exact) mass is 238 g/mol. The average Bonchev–Trinajstić information content (AvgIpc) is 2.07. The SMILES string of the molecule is O=S1(=O)CCC(S(=O)(=O)[O-])C1.[K+]. The van der Waals surface area contributed by atoms with Crippen LogP contribution in [0.1, 0.15) is 6.42 Å². The van der Waals surface area contributed by atoms with E-state index in [1.807, 2.05) is 0 Å². The standard InChI is InChI=1S/C4H8O5S2.K/c5-10(6)2-1-4(3-10)11(7,8)9;/h4H,1-3H2,(H,7,8,9);/q;+1/p-1. The largest absolute Gasteiger partial charge is 1.00 e. The molecule has 1 saturated heterocycles. The van der Waals surface area contributed by atoms with E-state index in [9.17, 15) is 21.4 Å². The maximum atomic E-state index is 10.7. The third kappa shape index (κ3) is 3.70. The van der Waals surface area contributed by atoms with E-state index in [-0.39, 0.29) is 63.6 Å². The van der Waals surface area contributed by atoms with Crippen molar-refractivity contribution in [1.29, 1.82) is 0 Å². The minimum Gasteiger partial charge on any atom is -0.748 e. The second-order valence-corrected chi connectivity index (χ2v) is 6.40. The van der Waals surface area contributed by atoms with E-state index >= 15 is 0 Å². The van der Waals surface area contributed by atoms with Crippen molar-refractivity contribution in [3.8, 4) is 0 Å². The summed E-state index contributed by atoms with van der Waals surface area (Å²) < 4.78 is 52.3. The van der Waals surface area contributed by atoms with E-state index < -0.39 is 31.0 Å². The van der Waals surface area contributed by atoms with Gasteiger partial charge < -0.3 is 4.55 Å². The van der Waals surface area contributed by atoms with E-state index in [2.05, 4.69) is 0 Å². The Morgan fingerprint density at radius 3 is 2.00 bits per heavy atom. The summed E-state index contributed by atoms with van der Waals surface area (Å²) in [5.74, 6) is -0.683. The summed E-state index contributed by atoms with van der Waals surface area (Å²) in [4.78, 5) is 0. The van der Waals surface area contributed by atoms with Crippen molar-refractivity contribution in [1.82, 2.24) is 0 Å². The quantitative estimate of drug-likeness (QED) is 0.341. The van der Waals surface area contributed by atoms with Crippen LogP contribution in [0.2, 0.25) is 0 Å². The van der Waals surface area contributed by atoms with Crippen LogP contribution in [0.15, 0.2) is 0 Å². The first-order chi connectivity index (χ1) is 4.81. The second-order valence-electron chi connectivity index (χ2n) is 2.52. The maximum absolute atomic E-state index is 10.7. The van der Waals surface area contributed by atoms with Crippen LogP contribution in [0.25, 0.3) is 0 Å². The molecule has 1 unspecified atom stereocenters. The van der Waals surface area contributed by atoms with Crippen LogP contribution in [0.3, 0.4) is 0 Å². The Labute approximate surface area is 114 Å². The Balaban J connectivity index is 0.00000121. The molecule has 0 bridgehead atoms. The Morgan fingerprint density at radius 1 is 1.33 bits per heavy atom. The minimum absolute atomic E-state index is 0. The molecule has 8 heteroatoms. The molecule has 5 nitrogen and oxygen atoms in total. The van der Waals surface area contributed by atoms with Crippen molar-refractivity contribution in [3.63, 3.8) is 0 Å². The molecule has 66 valence electrons. The van der Waals surface area contributed by atoms with Crippen LogP contribution in [-0.4, -0.2) is 38.1 Å². The average molecular weight is 238 g/mol. The van der Waals surface area contributed by atoms with Gasteiger partial charge in [0.1, 0.15) is 0 Å². The molecule has 1 fully saturated rings. The first-order valence-corrected chi connectivity index (χ1v) is 6.26. The first kappa shape index (κ1) is 13.5. The normalized spacial score (nSPS) is 27.9. The van der Waals surface area contributed by atoms with Crippen molar-refractivity contribution in [2.45, 2.75) is 11.7 Å². The van der Waals surface area contributed by atoms with Gasteiger partial charge in [0.15, 0.2) is 9.84 Å². The third-order valence-corrected chi connectivity index (χ3v) is 4.80. The molecule has 1 aliphatic heterocycles. The molecule has 0 saturated carbocycles. The molecular weight excluding hydrogens is 231 g/mol. The zero-order chi connectivity index (χ0) is 8.70. The molecule has 1 aliphatic rings. The predicted octanol–water partition coefficient (Wildman–Crippen LogP) is -4.28. The molecule has 1 heterocycles. The van der Waals surface area contributed by atoms with Crippen molar-refractivity contribution >= 4 is 20.0 Å². The molecule has 0 amide bonds. The van der Waals surface area contributed by atoms with Crippen LogP contribution < -0.4 is 51.4 Å². The van der Waals surface area contributed by atoms with Crippen molar-refractivity contribution in [3.05, 3.63) is 0 Å². The van der Waals surface area contributed by atoms with Gasteiger partial charge in [-0.1, -0.05) is 0 Å². The number of hydrogen-bond donors (Lipinski definition) is 0. The predicted molar refractivity (Wildman–Crippen MR) is 36.8 cm³/mol. The maximum Gasteiger partial charge on any atom is 1.00 e. The van der Waals surface area contributed by atoms with Gasteiger partial charge in [-0.3, -0.25) is 0 Å². The van der Waals surface area contributed by atoms with Gasteiger partial charge in [-0.2, -0.15) is 0 Å². The summed E-state index contributed by atoms with van der Waals surface area (Å²) in [7, 11) is -7.66. The molecule has 0 aliphatic carbocycles. The van der Waals surface area contributed by atoms with Gasteiger partial charge in [0.2, 0.25) is 0 Å². The Kier molecular flexibility index (Phi) is 4.89. The Morgan fingerprint density at radius 2 is 1.83 bits per heavy atom. The molecule has 1 atom stereocenters. The molecule has 0 aromatic heterocycles. The van der Waals surface area contributed by atoms with Gasteiger partial charge in [0.05, 0.1) is 26.9 Å². The Hall–Kier alpha value is 1.50. The molecular formula is C4H7KO5S2. The fourth-order valence-electron chi connectivity index (χ4n) is 0.989. The van der Waals surface area contributed by atoms with Crippen molar-refractivity contribution in [2.75, 3.05) is 11.5 Å². The zero-order valence-corrected chi connectivity index (χ0v) is 11.3. The molecule has 0 aromatic rings. The molecule has 12 heavy (non-hydrogen) atoms. The second kappa shape index (κ2) is 4.35. The van der Waals surface area contributed by atoms with E-state index in [1.165, 1.54) is 0 Å². The summed E-state index contributed by atoms with van der Waals surface area (Å²) in [6, 6.07) is 0. The van der Waals surface area contributed by atoms with Crippen molar-refractivity contribution in [2.24, 2.45) is 0 Å². The summed E-state index contributed by atoms with van der Waals surface area (Å²) in [5.41, 5.74) is 0. The summed E-state index contributed by atoms with van der Waals surface area (Å²) in [6.07, 6.45) is -0.0475. The summed E-state index contributed by atoms with van der Waals surface area (Å²) >= 11 is 0. The van der Waals surface area contributed by atoms with Crippen LogP contribution >= 0.6 is 0 Å². The number of hydrogen-bond acceptors (Lipinski definition) is 5. The molecule has 0 spiro atoms. The smallest absolute Gasteiger partial charge is 0.748 e. The number of sulfone groups is 1. The number of rotatable bonds is 1.